The second-order valence-corrected chi connectivity index (χ2v) is 13.4. The van der Waals surface area contributed by atoms with Crippen molar-refractivity contribution in [3.8, 4) is 45.5 Å². The largest absolute Gasteiger partial charge is 0.309 e. The Morgan fingerprint density at radius 2 is 1.27 bits per heavy atom. The molecule has 2 nitrogen and oxygen atoms in total. The van der Waals surface area contributed by atoms with Gasteiger partial charge in [0.25, 0.3) is 0 Å². The van der Waals surface area contributed by atoms with Gasteiger partial charge in [0.15, 0.2) is 0 Å². The molecule has 0 fully saturated rings. The van der Waals surface area contributed by atoms with Crippen LogP contribution in [0.1, 0.15) is 36.1 Å². The van der Waals surface area contributed by atoms with Crippen molar-refractivity contribution in [1.82, 2.24) is 9.13 Å². The van der Waals surface area contributed by atoms with E-state index < -0.39 is 0 Å². The minimum absolute atomic E-state index is 0.740. The van der Waals surface area contributed by atoms with Crippen molar-refractivity contribution >= 4 is 44.4 Å². The Labute approximate surface area is 297 Å². The van der Waals surface area contributed by atoms with Crippen molar-refractivity contribution in [2.75, 3.05) is 0 Å². The number of aromatic nitrogens is 2. The number of allylic oxidation sites excluding steroid dienone is 5. The summed E-state index contributed by atoms with van der Waals surface area (Å²) in [6.45, 7) is 0. The summed E-state index contributed by atoms with van der Waals surface area (Å²) in [5.41, 5.74) is 15.6. The van der Waals surface area contributed by atoms with Gasteiger partial charge in [-0.2, -0.15) is 0 Å². The van der Waals surface area contributed by atoms with E-state index in [4.69, 9.17) is 0 Å². The summed E-state index contributed by atoms with van der Waals surface area (Å²) in [5.74, 6) is 7.11. The first-order valence-electron chi connectivity index (χ1n) is 17.8. The minimum Gasteiger partial charge on any atom is -0.309 e. The Morgan fingerprint density at radius 1 is 0.569 bits per heavy atom. The molecular formula is C49H34N2. The first kappa shape index (κ1) is 29.4. The van der Waals surface area contributed by atoms with E-state index in [1.54, 1.807) is 0 Å². The summed E-state index contributed by atoms with van der Waals surface area (Å²) in [6.07, 6.45) is 14.0. The fourth-order valence-electron chi connectivity index (χ4n) is 8.09. The number of fused-ring (bicyclic) bond motifs is 7. The van der Waals surface area contributed by atoms with Crippen LogP contribution in [0.2, 0.25) is 0 Å². The first-order valence-corrected chi connectivity index (χ1v) is 17.8. The Morgan fingerprint density at radius 3 is 2.02 bits per heavy atom. The molecule has 2 heterocycles. The summed E-state index contributed by atoms with van der Waals surface area (Å²) >= 11 is 0. The summed E-state index contributed by atoms with van der Waals surface area (Å²) < 4.78 is 4.92. The molecule has 6 aromatic carbocycles. The van der Waals surface area contributed by atoms with Crippen LogP contribution in [0.4, 0.5) is 0 Å². The number of benzene rings is 6. The van der Waals surface area contributed by atoms with Gasteiger partial charge in [-0.1, -0.05) is 139 Å². The van der Waals surface area contributed by atoms with Crippen molar-refractivity contribution in [2.24, 2.45) is 0 Å². The van der Waals surface area contributed by atoms with E-state index in [9.17, 15) is 0 Å². The van der Waals surface area contributed by atoms with Crippen molar-refractivity contribution in [2.45, 2.75) is 19.3 Å². The van der Waals surface area contributed by atoms with Crippen LogP contribution in [0.5, 0.6) is 0 Å². The summed E-state index contributed by atoms with van der Waals surface area (Å²) in [6, 6.07) is 50.8. The van der Waals surface area contributed by atoms with Gasteiger partial charge in [0.2, 0.25) is 0 Å². The maximum atomic E-state index is 3.65. The lowest BCUT2D eigenvalue weighted by atomic mass is 9.92. The molecule has 0 bridgehead atoms. The highest BCUT2D eigenvalue weighted by Gasteiger charge is 2.25. The molecular weight excluding hydrogens is 617 g/mol. The lowest BCUT2D eigenvalue weighted by Gasteiger charge is -2.19. The number of para-hydroxylation sites is 1. The molecule has 51 heavy (non-hydrogen) atoms. The molecule has 0 atom stereocenters. The van der Waals surface area contributed by atoms with Crippen LogP contribution in [0.3, 0.4) is 0 Å². The molecule has 0 amide bonds. The zero-order valence-corrected chi connectivity index (χ0v) is 28.2. The van der Waals surface area contributed by atoms with E-state index in [0.29, 0.717) is 0 Å². The van der Waals surface area contributed by atoms with Crippen LogP contribution in [-0.2, 0) is 0 Å². The molecule has 2 aliphatic rings. The Balaban J connectivity index is 1.35. The lowest BCUT2D eigenvalue weighted by molar-refractivity contribution is 1.04. The molecule has 0 radical (unpaired) electrons. The predicted octanol–water partition coefficient (Wildman–Crippen LogP) is 12.6. The van der Waals surface area contributed by atoms with E-state index in [1.165, 1.54) is 77.3 Å². The van der Waals surface area contributed by atoms with Crippen LogP contribution in [0, 0.1) is 11.8 Å². The van der Waals surface area contributed by atoms with Gasteiger partial charge in [-0.15, -0.1) is 0 Å². The van der Waals surface area contributed by atoms with Crippen molar-refractivity contribution in [3.63, 3.8) is 0 Å². The highest BCUT2D eigenvalue weighted by molar-refractivity contribution is 6.23. The standard InChI is InChI=1S/C49H34N2/c1-6-16-34(17-7-1)37-27-30-45(43(32-37)36-20-10-3-11-21-36)51-44-25-15-5-14-24-40(44)41-29-31-46-48(49(41)51)42-28-26-38(35-18-8-2-9-19-35)33-47(42)50(46)39-22-12-4-13-23-39/h1-4,6-10,12-14,16-20,22-24,26-33H,5,11,21H2. The van der Waals surface area contributed by atoms with E-state index in [1.807, 2.05) is 0 Å². The molecule has 0 N–H and O–H groups in total. The van der Waals surface area contributed by atoms with E-state index in [-0.39, 0.29) is 0 Å². The van der Waals surface area contributed by atoms with Crippen molar-refractivity contribution in [1.29, 1.82) is 0 Å². The Hall–Kier alpha value is -6.56. The zero-order valence-electron chi connectivity index (χ0n) is 28.2. The molecule has 2 aliphatic carbocycles. The second kappa shape index (κ2) is 12.1. The molecule has 240 valence electrons. The van der Waals surface area contributed by atoms with Gasteiger partial charge in [0.1, 0.15) is 5.69 Å². The van der Waals surface area contributed by atoms with Gasteiger partial charge < -0.3 is 9.13 Å². The van der Waals surface area contributed by atoms with Crippen LogP contribution in [0.25, 0.3) is 78.0 Å². The van der Waals surface area contributed by atoms with Gasteiger partial charge >= 0.3 is 0 Å². The topological polar surface area (TPSA) is 9.86 Å². The average molecular weight is 651 g/mol. The monoisotopic (exact) mass is 650 g/mol. The zero-order chi connectivity index (χ0) is 33.7. The summed E-state index contributed by atoms with van der Waals surface area (Å²) in [4.78, 5) is 0. The number of hydrogen-bond donors (Lipinski definition) is 0. The summed E-state index contributed by atoms with van der Waals surface area (Å²) in [5, 5.41) is 3.69. The van der Waals surface area contributed by atoms with Crippen LogP contribution in [0.15, 0.2) is 164 Å². The fraction of sp³-hybridized carbons (Fsp3) is 0.0612. The highest BCUT2D eigenvalue weighted by atomic mass is 15.0. The van der Waals surface area contributed by atoms with Gasteiger partial charge in [-0.3, -0.25) is 0 Å². The molecule has 10 rings (SSSR count). The molecule has 0 saturated heterocycles. The van der Waals surface area contributed by atoms with Crippen LogP contribution in [-0.4, -0.2) is 9.13 Å². The smallest absolute Gasteiger partial charge is 0.105 e. The molecule has 8 aromatic rings. The number of nitrogens with zero attached hydrogens (tertiary/aromatic N) is 2. The van der Waals surface area contributed by atoms with Crippen LogP contribution < -0.4 is 0 Å². The quantitative estimate of drug-likeness (QED) is 0.164. The maximum absolute atomic E-state index is 3.65. The van der Waals surface area contributed by atoms with Crippen molar-refractivity contribution < 1.29 is 0 Å². The first-order chi connectivity index (χ1) is 25.3. The fourth-order valence-corrected chi connectivity index (χ4v) is 8.09. The third kappa shape index (κ3) is 4.82. The third-order valence-corrected chi connectivity index (χ3v) is 10.4. The van der Waals surface area contributed by atoms with Crippen LogP contribution >= 0.6 is 0 Å². The molecule has 2 heteroatoms. The molecule has 0 saturated carbocycles. The third-order valence-electron chi connectivity index (χ3n) is 10.4. The van der Waals surface area contributed by atoms with Gasteiger partial charge in [-0.05, 0) is 83.0 Å². The second-order valence-electron chi connectivity index (χ2n) is 13.4. The number of rotatable bonds is 5. The van der Waals surface area contributed by atoms with Crippen molar-refractivity contribution in [3.05, 3.63) is 181 Å². The van der Waals surface area contributed by atoms with Gasteiger partial charge in [0, 0.05) is 39.4 Å². The number of hydrogen-bond acceptors (Lipinski definition) is 0. The Bertz CT molecular complexity index is 2800. The molecule has 0 spiro atoms. The average Bonchev–Trinajstić information content (AvgIpc) is 3.58. The normalized spacial score (nSPS) is 13.6. The van der Waals surface area contributed by atoms with E-state index in [2.05, 4.69) is 191 Å². The van der Waals surface area contributed by atoms with Gasteiger partial charge in [-0.25, -0.2) is 0 Å². The van der Waals surface area contributed by atoms with Gasteiger partial charge in [0.05, 0.1) is 22.2 Å². The molecule has 0 unspecified atom stereocenters. The Kier molecular flexibility index (Phi) is 6.96. The molecule has 0 aliphatic heterocycles. The lowest BCUT2D eigenvalue weighted by Crippen LogP contribution is -2.04. The highest BCUT2D eigenvalue weighted by Crippen LogP contribution is 2.44. The molecule has 2 aromatic heterocycles. The maximum Gasteiger partial charge on any atom is 0.105 e. The van der Waals surface area contributed by atoms with E-state index >= 15 is 0 Å². The van der Waals surface area contributed by atoms with E-state index in [0.717, 1.165) is 30.6 Å². The predicted molar refractivity (Wildman–Crippen MR) is 215 cm³/mol. The minimum atomic E-state index is 0.740. The summed E-state index contributed by atoms with van der Waals surface area (Å²) in [7, 11) is 0. The SMILES string of the molecule is C1#Cc2c(c3ccc4c(c5ccc(-c6ccccc6)cc5n4-c4ccccc4)c3n2-c2ccc(-c3ccccc3)cc2C2=CC=CCC2)C=CC1.